The van der Waals surface area contributed by atoms with Crippen LogP contribution in [-0.2, 0) is 6.54 Å². The van der Waals surface area contributed by atoms with Crippen molar-refractivity contribution in [3.63, 3.8) is 0 Å². The Balaban J connectivity index is 2.83. The van der Waals surface area contributed by atoms with Crippen LogP contribution in [0.1, 0.15) is 40.5 Å². The Kier molecular flexibility index (Phi) is 6.59. The number of rotatable bonds is 7. The summed E-state index contributed by atoms with van der Waals surface area (Å²) in [5.41, 5.74) is 0.966. The lowest BCUT2D eigenvalue weighted by atomic mass is 9.96. The predicted octanol–water partition coefficient (Wildman–Crippen LogP) is 4.30. The first kappa shape index (κ1) is 21.6. The van der Waals surface area contributed by atoms with Crippen LogP contribution in [0.5, 0.6) is 11.5 Å². The summed E-state index contributed by atoms with van der Waals surface area (Å²) < 4.78 is 13.1. The maximum atomic E-state index is 12.4. The number of hydrogen-bond donors (Lipinski definition) is 1. The van der Waals surface area contributed by atoms with Crippen molar-refractivity contribution in [2.24, 2.45) is 5.41 Å². The molecule has 0 radical (unpaired) electrons. The number of fused-ring (bicyclic) bond motifs is 1. The molecule has 7 nitrogen and oxygen atoms in total. The van der Waals surface area contributed by atoms with Crippen LogP contribution < -0.4 is 19.8 Å². The van der Waals surface area contributed by atoms with Gasteiger partial charge in [-0.15, -0.1) is 0 Å². The minimum Gasteiger partial charge on any atom is -0.493 e. The normalized spacial score (nSPS) is 11.5. The fourth-order valence-corrected chi connectivity index (χ4v) is 3.05. The Bertz CT molecular complexity index is 866. The number of carboxylic acid groups (broad SMARTS) is 1. The molecule has 0 unspecified atom stereocenters. The van der Waals surface area contributed by atoms with Crippen LogP contribution in [0.3, 0.4) is 0 Å². The van der Waals surface area contributed by atoms with E-state index in [1.807, 2.05) is 10.8 Å². The smallest absolute Gasteiger partial charge is 0.412 e. The summed E-state index contributed by atoms with van der Waals surface area (Å²) in [6, 6.07) is 3.13. The quantitative estimate of drug-likeness (QED) is 0.713. The third-order valence-corrected chi connectivity index (χ3v) is 4.34. The Morgan fingerprint density at radius 2 is 1.96 bits per heavy atom. The van der Waals surface area contributed by atoms with Crippen molar-refractivity contribution in [1.82, 2.24) is 4.57 Å². The van der Waals surface area contributed by atoms with Gasteiger partial charge in [0.25, 0.3) is 0 Å². The van der Waals surface area contributed by atoms with Gasteiger partial charge in [0, 0.05) is 37.0 Å². The van der Waals surface area contributed by atoms with E-state index in [0.29, 0.717) is 30.3 Å². The average molecular weight is 390 g/mol. The van der Waals surface area contributed by atoms with Gasteiger partial charge in [-0.3, -0.25) is 9.69 Å². The van der Waals surface area contributed by atoms with Gasteiger partial charge in [-0.1, -0.05) is 34.1 Å². The van der Waals surface area contributed by atoms with Gasteiger partial charge < -0.3 is 19.1 Å². The number of methoxy groups -OCH3 is 1. The first-order valence-electron chi connectivity index (χ1n) is 9.43. The van der Waals surface area contributed by atoms with Crippen molar-refractivity contribution < 1.29 is 19.4 Å². The predicted molar refractivity (Wildman–Crippen MR) is 110 cm³/mol. The zero-order valence-electron chi connectivity index (χ0n) is 17.5. The van der Waals surface area contributed by atoms with Crippen molar-refractivity contribution in [1.29, 1.82) is 0 Å². The number of nitrogens with zero attached hydrogens (tertiary/aromatic N) is 2. The highest BCUT2D eigenvalue weighted by Crippen LogP contribution is 2.41. The van der Waals surface area contributed by atoms with Crippen LogP contribution in [0.15, 0.2) is 23.1 Å². The van der Waals surface area contributed by atoms with Gasteiger partial charge in [-0.25, -0.2) is 4.79 Å². The highest BCUT2D eigenvalue weighted by molar-refractivity contribution is 5.90. The SMILES string of the molecule is CCCCOc1c2cc(=O)c(OC)cc-2cn(CC(C)(C)C)c1N(C)C(=O)O. The maximum absolute atomic E-state index is 12.4. The first-order chi connectivity index (χ1) is 13.1. The molecular weight excluding hydrogens is 360 g/mol. The number of anilines is 1. The molecule has 0 atom stereocenters. The number of ether oxygens (including phenoxy) is 2. The Morgan fingerprint density at radius 3 is 2.50 bits per heavy atom. The summed E-state index contributed by atoms with van der Waals surface area (Å²) >= 11 is 0. The molecule has 1 aliphatic carbocycles. The van der Waals surface area contributed by atoms with Gasteiger partial charge in [0.05, 0.1) is 13.7 Å². The summed E-state index contributed by atoms with van der Waals surface area (Å²) in [7, 11) is 2.94. The minimum atomic E-state index is -1.10. The molecule has 1 heterocycles. The topological polar surface area (TPSA) is 81.0 Å². The number of benzene rings is 1. The van der Waals surface area contributed by atoms with Gasteiger partial charge in [-0.2, -0.15) is 0 Å². The van der Waals surface area contributed by atoms with Gasteiger partial charge in [0.2, 0.25) is 5.43 Å². The largest absolute Gasteiger partial charge is 0.493 e. The molecule has 154 valence electrons. The number of unbranched alkanes of at least 4 members (excludes halogenated alkanes) is 1. The molecule has 28 heavy (non-hydrogen) atoms. The number of amides is 1. The van der Waals surface area contributed by atoms with Crippen LogP contribution in [0.2, 0.25) is 0 Å². The van der Waals surface area contributed by atoms with E-state index >= 15 is 0 Å². The van der Waals surface area contributed by atoms with Crippen molar-refractivity contribution in [2.75, 3.05) is 25.7 Å². The first-order valence-corrected chi connectivity index (χ1v) is 9.43. The molecule has 0 aromatic heterocycles. The monoisotopic (exact) mass is 390 g/mol. The second-order valence-corrected chi connectivity index (χ2v) is 8.10. The molecule has 0 saturated carbocycles. The van der Waals surface area contributed by atoms with E-state index in [9.17, 15) is 14.7 Å². The van der Waals surface area contributed by atoms with E-state index < -0.39 is 6.09 Å². The standard InChI is InChI=1S/C21H30N2O5/c1-7-8-9-28-18-15-11-16(24)17(27-6)10-14(15)12-23(13-21(2,3)4)19(18)22(5)20(25)26/h10-12H,7-9,13H2,1-6H3,(H,25,26). The molecule has 0 fully saturated rings. The second kappa shape index (κ2) is 8.54. The molecule has 0 bridgehead atoms. The number of aromatic nitrogens is 1. The maximum Gasteiger partial charge on any atom is 0.412 e. The number of hydrogen-bond acceptors (Lipinski definition) is 4. The molecule has 0 spiro atoms. The van der Waals surface area contributed by atoms with E-state index in [0.717, 1.165) is 23.3 Å². The van der Waals surface area contributed by atoms with E-state index in [4.69, 9.17) is 9.47 Å². The zero-order valence-corrected chi connectivity index (χ0v) is 17.5. The van der Waals surface area contributed by atoms with E-state index in [-0.39, 0.29) is 16.6 Å². The van der Waals surface area contributed by atoms with E-state index in [1.165, 1.54) is 20.2 Å². The lowest BCUT2D eigenvalue weighted by molar-refractivity contribution is 0.202. The molecule has 1 amide bonds. The summed E-state index contributed by atoms with van der Waals surface area (Å²) in [4.78, 5) is 25.3. The molecule has 7 heteroatoms. The third kappa shape index (κ3) is 4.77. The molecule has 2 aliphatic rings. The van der Waals surface area contributed by atoms with Crippen LogP contribution in [0.25, 0.3) is 11.1 Å². The number of carbonyl (C=O) groups is 1. The molecule has 0 aromatic rings. The fourth-order valence-electron chi connectivity index (χ4n) is 3.05. The van der Waals surface area contributed by atoms with Gasteiger partial charge in [0.1, 0.15) is 0 Å². The van der Waals surface area contributed by atoms with Crippen LogP contribution in [0.4, 0.5) is 10.6 Å². The van der Waals surface area contributed by atoms with Gasteiger partial charge in [-0.05, 0) is 17.9 Å². The Hall–Kier alpha value is -2.70. The third-order valence-electron chi connectivity index (χ3n) is 4.34. The van der Waals surface area contributed by atoms with E-state index in [1.54, 1.807) is 6.07 Å². The molecular formula is C21H30N2O5. The van der Waals surface area contributed by atoms with Crippen LogP contribution >= 0.6 is 0 Å². The van der Waals surface area contributed by atoms with Gasteiger partial charge in [0.15, 0.2) is 17.3 Å². The van der Waals surface area contributed by atoms with Gasteiger partial charge >= 0.3 is 6.09 Å². The van der Waals surface area contributed by atoms with E-state index in [2.05, 4.69) is 27.7 Å². The summed E-state index contributed by atoms with van der Waals surface area (Å²) in [5.74, 6) is 1.06. The molecule has 2 rings (SSSR count). The number of pyridine rings is 1. The van der Waals surface area contributed by atoms with Crippen molar-refractivity contribution in [3.8, 4) is 22.6 Å². The zero-order chi connectivity index (χ0) is 21.1. The molecule has 0 saturated heterocycles. The summed E-state index contributed by atoms with van der Waals surface area (Å²) in [5, 5.41) is 9.64. The highest BCUT2D eigenvalue weighted by Gasteiger charge is 2.27. The fraction of sp³-hybridized carbons (Fsp3) is 0.524. The highest BCUT2D eigenvalue weighted by atomic mass is 16.5. The van der Waals surface area contributed by atoms with Crippen molar-refractivity contribution in [2.45, 2.75) is 47.1 Å². The van der Waals surface area contributed by atoms with Crippen LogP contribution in [0, 0.1) is 5.41 Å². The Morgan fingerprint density at radius 1 is 1.29 bits per heavy atom. The minimum absolute atomic E-state index is 0.102. The van der Waals surface area contributed by atoms with Crippen LogP contribution in [-0.4, -0.2) is 36.5 Å². The van der Waals surface area contributed by atoms with Crippen molar-refractivity contribution in [3.05, 3.63) is 28.6 Å². The molecule has 1 aliphatic heterocycles. The summed E-state index contributed by atoms with van der Waals surface area (Å²) in [6.07, 6.45) is 2.52. The second-order valence-electron chi connectivity index (χ2n) is 8.10. The molecule has 0 aromatic carbocycles. The van der Waals surface area contributed by atoms with Crippen molar-refractivity contribution >= 4 is 11.9 Å². The summed E-state index contributed by atoms with van der Waals surface area (Å²) in [6.45, 7) is 9.29. The lowest BCUT2D eigenvalue weighted by Gasteiger charge is -2.30. The lowest BCUT2D eigenvalue weighted by Crippen LogP contribution is -2.30. The molecule has 1 N–H and O–H groups in total. The average Bonchev–Trinajstić information content (AvgIpc) is 2.59. The Labute approximate surface area is 165 Å².